The number of nitrogens with zero attached hydrogens (tertiary/aromatic N) is 3. The van der Waals surface area contributed by atoms with Gasteiger partial charge >= 0.3 is 0 Å². The number of rotatable bonds is 7. The number of aliphatic hydroxyl groups excluding tert-OH is 1. The summed E-state index contributed by atoms with van der Waals surface area (Å²) in [4.78, 5) is 17.4. The lowest BCUT2D eigenvalue weighted by molar-refractivity contribution is 0.232. The summed E-state index contributed by atoms with van der Waals surface area (Å²) in [6, 6.07) is 16.3. The first-order valence-corrected chi connectivity index (χ1v) is 12.1. The number of H-pyrrole nitrogens is 1. The molecule has 3 heterocycles. The highest BCUT2D eigenvalue weighted by Gasteiger charge is 2.17. The van der Waals surface area contributed by atoms with E-state index in [0.717, 1.165) is 27.7 Å². The van der Waals surface area contributed by atoms with Crippen molar-refractivity contribution in [2.75, 3.05) is 6.61 Å². The van der Waals surface area contributed by atoms with Crippen LogP contribution in [0.1, 0.15) is 25.5 Å². The van der Waals surface area contributed by atoms with Gasteiger partial charge in [0.25, 0.3) is 5.56 Å². The Morgan fingerprint density at radius 1 is 1.05 bits per heavy atom. The fourth-order valence-corrected chi connectivity index (χ4v) is 4.36. The zero-order chi connectivity index (χ0) is 26.1. The fraction of sp³-hybridized carbons (Fsp3) is 0.179. The number of fused-ring (bicyclic) bond motifs is 1. The van der Waals surface area contributed by atoms with E-state index in [9.17, 15) is 14.3 Å². The summed E-state index contributed by atoms with van der Waals surface area (Å²) >= 11 is 5.78. The molecule has 0 bridgehead atoms. The number of aliphatic hydroxyl groups is 1. The van der Waals surface area contributed by atoms with Gasteiger partial charge < -0.3 is 14.4 Å². The Morgan fingerprint density at radius 3 is 2.51 bits per heavy atom. The van der Waals surface area contributed by atoms with E-state index in [4.69, 9.17) is 16.3 Å². The lowest BCUT2D eigenvalue weighted by atomic mass is 10.0. The van der Waals surface area contributed by atoms with Gasteiger partial charge in [-0.3, -0.25) is 9.89 Å². The van der Waals surface area contributed by atoms with Gasteiger partial charge in [-0.2, -0.15) is 5.10 Å². The molecule has 0 fully saturated rings. The third kappa shape index (κ3) is 4.98. The van der Waals surface area contributed by atoms with E-state index in [0.29, 0.717) is 17.0 Å². The van der Waals surface area contributed by atoms with Crippen molar-refractivity contribution < 1.29 is 14.2 Å². The SMILES string of the molecule is CC(C)Oc1ccc(-c2n[nH]c3ccc(-c4ccn(C(CO)c5ccc(Cl)c(F)c5)c(=O)c4)cc23)cn1. The highest BCUT2D eigenvalue weighted by atomic mass is 35.5. The second kappa shape index (κ2) is 10.2. The summed E-state index contributed by atoms with van der Waals surface area (Å²) in [6.45, 7) is 3.51. The Morgan fingerprint density at radius 2 is 1.84 bits per heavy atom. The molecular weight excluding hydrogens is 495 g/mol. The second-order valence-electron chi connectivity index (χ2n) is 8.92. The van der Waals surface area contributed by atoms with E-state index in [1.165, 1.54) is 22.8 Å². The molecule has 37 heavy (non-hydrogen) atoms. The number of hydrogen-bond donors (Lipinski definition) is 2. The van der Waals surface area contributed by atoms with Crippen LogP contribution in [0, 0.1) is 5.82 Å². The number of aromatic amines is 1. The lowest BCUT2D eigenvalue weighted by Crippen LogP contribution is -2.26. The van der Waals surface area contributed by atoms with Crippen LogP contribution in [0.4, 0.5) is 4.39 Å². The summed E-state index contributed by atoms with van der Waals surface area (Å²) in [6.07, 6.45) is 3.35. The van der Waals surface area contributed by atoms with Crippen LogP contribution in [0.3, 0.4) is 0 Å². The van der Waals surface area contributed by atoms with Gasteiger partial charge in [-0.15, -0.1) is 0 Å². The zero-order valence-electron chi connectivity index (χ0n) is 20.2. The molecule has 1 atom stereocenters. The smallest absolute Gasteiger partial charge is 0.251 e. The second-order valence-corrected chi connectivity index (χ2v) is 9.32. The molecule has 188 valence electrons. The Bertz CT molecular complexity index is 1630. The third-order valence-corrected chi connectivity index (χ3v) is 6.35. The molecule has 0 aliphatic rings. The van der Waals surface area contributed by atoms with Crippen molar-refractivity contribution in [2.24, 2.45) is 0 Å². The molecule has 0 aliphatic heterocycles. The van der Waals surface area contributed by atoms with Crippen LogP contribution in [0.2, 0.25) is 5.02 Å². The highest BCUT2D eigenvalue weighted by Crippen LogP contribution is 2.31. The van der Waals surface area contributed by atoms with Crippen LogP contribution in [0.15, 0.2) is 77.9 Å². The van der Waals surface area contributed by atoms with Crippen LogP contribution >= 0.6 is 11.6 Å². The van der Waals surface area contributed by atoms with E-state index in [1.807, 2.05) is 44.2 Å². The van der Waals surface area contributed by atoms with Crippen LogP contribution in [-0.2, 0) is 0 Å². The van der Waals surface area contributed by atoms with Gasteiger partial charge in [0.05, 0.1) is 29.3 Å². The van der Waals surface area contributed by atoms with Gasteiger partial charge in [-0.05, 0) is 66.9 Å². The van der Waals surface area contributed by atoms with Gasteiger partial charge in [0.15, 0.2) is 0 Å². The minimum absolute atomic E-state index is 0.0206. The first kappa shape index (κ1) is 24.7. The number of hydrogen-bond acceptors (Lipinski definition) is 5. The highest BCUT2D eigenvalue weighted by molar-refractivity contribution is 6.30. The largest absolute Gasteiger partial charge is 0.475 e. The molecule has 0 saturated carbocycles. The average molecular weight is 519 g/mol. The first-order chi connectivity index (χ1) is 17.8. The van der Waals surface area contributed by atoms with Gasteiger partial charge in [0, 0.05) is 35.5 Å². The molecule has 5 rings (SSSR count). The Labute approximate surface area is 217 Å². The summed E-state index contributed by atoms with van der Waals surface area (Å²) in [5.74, 6) is -0.0637. The molecular formula is C28H24ClFN4O3. The van der Waals surface area contributed by atoms with Gasteiger partial charge in [-0.1, -0.05) is 23.7 Å². The predicted molar refractivity (Wildman–Crippen MR) is 141 cm³/mol. The maximum atomic E-state index is 14.0. The molecule has 0 aliphatic carbocycles. The van der Waals surface area contributed by atoms with Crippen LogP contribution in [-0.4, -0.2) is 37.6 Å². The quantitative estimate of drug-likeness (QED) is 0.292. The van der Waals surface area contributed by atoms with E-state index in [2.05, 4.69) is 15.2 Å². The number of pyridine rings is 2. The summed E-state index contributed by atoms with van der Waals surface area (Å²) in [5.41, 5.74) is 4.05. The number of benzene rings is 2. The number of halogens is 2. The van der Waals surface area contributed by atoms with Crippen molar-refractivity contribution in [3.63, 3.8) is 0 Å². The summed E-state index contributed by atoms with van der Waals surface area (Å²) in [7, 11) is 0. The maximum Gasteiger partial charge on any atom is 0.251 e. The minimum atomic E-state index is -0.744. The van der Waals surface area contributed by atoms with Gasteiger partial charge in [0.1, 0.15) is 11.5 Å². The van der Waals surface area contributed by atoms with Crippen LogP contribution < -0.4 is 10.3 Å². The predicted octanol–water partition coefficient (Wildman–Crippen LogP) is 5.62. The third-order valence-electron chi connectivity index (χ3n) is 6.05. The van der Waals surface area contributed by atoms with Crippen molar-refractivity contribution >= 4 is 22.5 Å². The van der Waals surface area contributed by atoms with Crippen LogP contribution in [0.25, 0.3) is 33.3 Å². The molecule has 1 unspecified atom stereocenters. The van der Waals surface area contributed by atoms with E-state index in [-0.39, 0.29) is 23.3 Å². The van der Waals surface area contributed by atoms with Gasteiger partial charge in [0.2, 0.25) is 5.88 Å². The van der Waals surface area contributed by atoms with E-state index >= 15 is 0 Å². The standard InChI is InChI=1S/C28H24ClFN4O3/c1-16(2)37-26-8-5-20(14-31-26)28-21-11-17(4-7-24(21)32-33-28)18-9-10-34(27(36)13-18)25(15-35)19-3-6-22(29)23(30)12-19/h3-14,16,25,35H,15H2,1-2H3,(H,32,33). The van der Waals surface area contributed by atoms with Crippen molar-refractivity contribution in [1.29, 1.82) is 0 Å². The van der Waals surface area contributed by atoms with Gasteiger partial charge in [-0.25, -0.2) is 9.37 Å². The molecule has 0 saturated heterocycles. The first-order valence-electron chi connectivity index (χ1n) is 11.7. The molecule has 9 heteroatoms. The number of ether oxygens (including phenoxy) is 1. The molecule has 2 N–H and O–H groups in total. The van der Waals surface area contributed by atoms with Crippen molar-refractivity contribution in [3.8, 4) is 28.3 Å². The number of nitrogens with one attached hydrogen (secondary N) is 1. The maximum absolute atomic E-state index is 14.0. The molecule has 2 aromatic carbocycles. The molecule has 0 spiro atoms. The molecule has 0 radical (unpaired) electrons. The van der Waals surface area contributed by atoms with E-state index in [1.54, 1.807) is 24.5 Å². The van der Waals surface area contributed by atoms with Crippen molar-refractivity contribution in [3.05, 3.63) is 99.8 Å². The molecule has 0 amide bonds. The average Bonchev–Trinajstić information content (AvgIpc) is 3.31. The normalized spacial score (nSPS) is 12.3. The zero-order valence-corrected chi connectivity index (χ0v) is 20.9. The Hall–Kier alpha value is -4.01. The summed E-state index contributed by atoms with van der Waals surface area (Å²) < 4.78 is 21.0. The number of aromatic nitrogens is 4. The topological polar surface area (TPSA) is 93.0 Å². The minimum Gasteiger partial charge on any atom is -0.475 e. The summed E-state index contributed by atoms with van der Waals surface area (Å²) in [5, 5.41) is 18.3. The monoisotopic (exact) mass is 518 g/mol. The molecule has 7 nitrogen and oxygen atoms in total. The van der Waals surface area contributed by atoms with E-state index < -0.39 is 11.9 Å². The fourth-order valence-electron chi connectivity index (χ4n) is 4.25. The molecule has 3 aromatic heterocycles. The molecule has 5 aromatic rings. The Kier molecular flexibility index (Phi) is 6.78. The Balaban J connectivity index is 1.48. The van der Waals surface area contributed by atoms with Crippen LogP contribution in [0.5, 0.6) is 5.88 Å². The lowest BCUT2D eigenvalue weighted by Gasteiger charge is -2.19. The van der Waals surface area contributed by atoms with Crippen molar-refractivity contribution in [1.82, 2.24) is 19.7 Å². The van der Waals surface area contributed by atoms with Crippen molar-refractivity contribution in [2.45, 2.75) is 26.0 Å².